The summed E-state index contributed by atoms with van der Waals surface area (Å²) in [5.74, 6) is -2.38. The van der Waals surface area contributed by atoms with Crippen LogP contribution in [0.2, 0.25) is 0 Å². The highest BCUT2D eigenvalue weighted by Gasteiger charge is 2.31. The largest absolute Gasteiger partial charge is 0.293 e. The maximum absolute atomic E-state index is 13.7. The van der Waals surface area contributed by atoms with Crippen LogP contribution in [0.3, 0.4) is 0 Å². The number of benzene rings is 1. The van der Waals surface area contributed by atoms with Gasteiger partial charge >= 0.3 is 0 Å². The number of hydrogen-bond donors (Lipinski definition) is 0. The number of Topliss-reactive ketones (excluding diaryl/α,β-unsaturated/α-hetero) is 1. The quantitative estimate of drug-likeness (QED) is 0.747. The van der Waals surface area contributed by atoms with Gasteiger partial charge in [-0.15, -0.1) is 11.3 Å². The molecule has 98 valence electrons. The lowest BCUT2D eigenvalue weighted by Crippen LogP contribution is -2.19. The predicted octanol–water partition coefficient (Wildman–Crippen LogP) is 4.33. The van der Waals surface area contributed by atoms with Crippen molar-refractivity contribution in [2.24, 2.45) is 0 Å². The van der Waals surface area contributed by atoms with Crippen LogP contribution in [0.5, 0.6) is 0 Å². The number of carbonyl (C=O) groups is 1. The van der Waals surface area contributed by atoms with Crippen molar-refractivity contribution in [1.82, 2.24) is 0 Å². The van der Waals surface area contributed by atoms with E-state index in [0.717, 1.165) is 30.5 Å². The molecule has 0 fully saturated rings. The summed E-state index contributed by atoms with van der Waals surface area (Å²) in [7, 11) is 0. The minimum absolute atomic E-state index is 0.397. The number of ketones is 1. The second kappa shape index (κ2) is 4.85. The number of halogens is 2. The fourth-order valence-electron chi connectivity index (χ4n) is 2.67. The van der Waals surface area contributed by atoms with E-state index in [2.05, 4.69) is 0 Å². The van der Waals surface area contributed by atoms with E-state index in [0.29, 0.717) is 6.42 Å². The van der Waals surface area contributed by atoms with Crippen molar-refractivity contribution in [1.29, 1.82) is 0 Å². The highest BCUT2D eigenvalue weighted by molar-refractivity contribution is 7.10. The van der Waals surface area contributed by atoms with Gasteiger partial charge in [0.2, 0.25) is 0 Å². The maximum atomic E-state index is 13.7. The van der Waals surface area contributed by atoms with Crippen molar-refractivity contribution < 1.29 is 13.6 Å². The predicted molar refractivity (Wildman–Crippen MR) is 70.7 cm³/mol. The second-order valence-corrected chi connectivity index (χ2v) is 5.71. The molecule has 1 unspecified atom stereocenters. The standard InChI is InChI=1S/C15H12F2OS/c16-11-4-2-5-12(17)14(11)15(18)10-3-1-6-13-9(10)7-8-19-13/h2,4-5,7-8,10H,1,3,6H2. The normalized spacial score (nSPS) is 18.1. The van der Waals surface area contributed by atoms with E-state index in [1.807, 2.05) is 11.4 Å². The van der Waals surface area contributed by atoms with Crippen molar-refractivity contribution in [3.63, 3.8) is 0 Å². The second-order valence-electron chi connectivity index (χ2n) is 4.70. The Balaban J connectivity index is 2.03. The van der Waals surface area contributed by atoms with Gasteiger partial charge in [0.1, 0.15) is 11.6 Å². The Morgan fingerprint density at radius 3 is 2.68 bits per heavy atom. The number of aryl methyl sites for hydroxylation is 1. The van der Waals surface area contributed by atoms with E-state index in [-0.39, 0.29) is 0 Å². The smallest absolute Gasteiger partial charge is 0.176 e. The fourth-order valence-corrected chi connectivity index (χ4v) is 3.65. The first-order chi connectivity index (χ1) is 9.18. The van der Waals surface area contributed by atoms with Gasteiger partial charge in [0.15, 0.2) is 5.78 Å². The third kappa shape index (κ3) is 2.10. The van der Waals surface area contributed by atoms with E-state index >= 15 is 0 Å². The summed E-state index contributed by atoms with van der Waals surface area (Å²) >= 11 is 1.61. The molecule has 0 spiro atoms. The lowest BCUT2D eigenvalue weighted by molar-refractivity contribution is 0.0943. The van der Waals surface area contributed by atoms with Crippen LogP contribution < -0.4 is 0 Å². The first-order valence-electron chi connectivity index (χ1n) is 6.23. The van der Waals surface area contributed by atoms with Crippen LogP contribution in [0.4, 0.5) is 8.78 Å². The van der Waals surface area contributed by atoms with E-state index in [9.17, 15) is 13.6 Å². The van der Waals surface area contributed by atoms with Crippen molar-refractivity contribution in [2.45, 2.75) is 25.2 Å². The highest BCUT2D eigenvalue weighted by atomic mass is 32.1. The van der Waals surface area contributed by atoms with E-state index in [4.69, 9.17) is 0 Å². The first kappa shape index (κ1) is 12.5. The molecule has 0 N–H and O–H groups in total. The van der Waals surface area contributed by atoms with Gasteiger partial charge in [0, 0.05) is 10.8 Å². The molecule has 0 amide bonds. The summed E-state index contributed by atoms with van der Waals surface area (Å²) in [6.07, 6.45) is 2.51. The summed E-state index contributed by atoms with van der Waals surface area (Å²) in [5.41, 5.74) is 0.551. The Bertz CT molecular complexity index is 613. The third-order valence-electron chi connectivity index (χ3n) is 3.58. The van der Waals surface area contributed by atoms with Crippen molar-refractivity contribution >= 4 is 17.1 Å². The highest BCUT2D eigenvalue weighted by Crippen LogP contribution is 2.37. The summed E-state index contributed by atoms with van der Waals surface area (Å²) in [4.78, 5) is 13.6. The Kier molecular flexibility index (Phi) is 3.19. The number of carbonyl (C=O) groups excluding carboxylic acids is 1. The summed E-state index contributed by atoms with van der Waals surface area (Å²) in [6, 6.07) is 5.44. The van der Waals surface area contributed by atoms with Gasteiger partial charge in [-0.05, 0) is 48.4 Å². The third-order valence-corrected chi connectivity index (χ3v) is 4.57. The molecule has 0 aliphatic heterocycles. The molecule has 0 saturated carbocycles. The number of rotatable bonds is 2. The van der Waals surface area contributed by atoms with Gasteiger partial charge < -0.3 is 0 Å². The Morgan fingerprint density at radius 1 is 1.21 bits per heavy atom. The minimum Gasteiger partial charge on any atom is -0.293 e. The molecule has 1 aromatic carbocycles. The van der Waals surface area contributed by atoms with E-state index in [1.54, 1.807) is 11.3 Å². The van der Waals surface area contributed by atoms with E-state index in [1.165, 1.54) is 10.9 Å². The zero-order valence-corrected chi connectivity index (χ0v) is 11.0. The van der Waals surface area contributed by atoms with Gasteiger partial charge in [-0.3, -0.25) is 4.79 Å². The lowest BCUT2D eigenvalue weighted by Gasteiger charge is -2.21. The molecule has 0 saturated heterocycles. The van der Waals surface area contributed by atoms with Crippen molar-refractivity contribution in [2.75, 3.05) is 0 Å². The summed E-state index contributed by atoms with van der Waals surface area (Å²) in [6.45, 7) is 0. The van der Waals surface area contributed by atoms with Crippen molar-refractivity contribution in [3.8, 4) is 0 Å². The number of thiophene rings is 1. The molecule has 1 heterocycles. The van der Waals surface area contributed by atoms with Crippen LogP contribution in [-0.4, -0.2) is 5.78 Å². The Morgan fingerprint density at radius 2 is 1.95 bits per heavy atom. The monoisotopic (exact) mass is 278 g/mol. The fraction of sp³-hybridized carbons (Fsp3) is 0.267. The van der Waals surface area contributed by atoms with Crippen LogP contribution >= 0.6 is 11.3 Å². The molecule has 2 aromatic rings. The van der Waals surface area contributed by atoms with E-state index < -0.39 is 28.9 Å². The first-order valence-corrected chi connectivity index (χ1v) is 7.11. The minimum atomic E-state index is -0.771. The maximum Gasteiger partial charge on any atom is 0.176 e. The van der Waals surface area contributed by atoms with Crippen molar-refractivity contribution in [3.05, 3.63) is 57.3 Å². The molecule has 0 radical (unpaired) electrons. The average Bonchev–Trinajstić information content (AvgIpc) is 2.86. The Hall–Kier alpha value is -1.55. The van der Waals surface area contributed by atoms with Crippen LogP contribution in [-0.2, 0) is 6.42 Å². The van der Waals surface area contributed by atoms with Gasteiger partial charge in [0.05, 0.1) is 5.56 Å². The van der Waals surface area contributed by atoms with Gasteiger partial charge in [-0.25, -0.2) is 8.78 Å². The summed E-state index contributed by atoms with van der Waals surface area (Å²) < 4.78 is 27.4. The number of fused-ring (bicyclic) bond motifs is 1. The molecule has 1 nitrogen and oxygen atoms in total. The van der Waals surface area contributed by atoms with Crippen LogP contribution in [0, 0.1) is 11.6 Å². The Labute approximate surface area is 113 Å². The number of hydrogen-bond acceptors (Lipinski definition) is 2. The molecule has 19 heavy (non-hydrogen) atoms. The molecular weight excluding hydrogens is 266 g/mol. The molecule has 1 aliphatic carbocycles. The molecule has 1 atom stereocenters. The molecule has 1 aromatic heterocycles. The van der Waals surface area contributed by atoms with Gasteiger partial charge in [-0.1, -0.05) is 6.07 Å². The summed E-state index contributed by atoms with van der Waals surface area (Å²) in [5, 5.41) is 1.94. The molecule has 3 rings (SSSR count). The molecule has 1 aliphatic rings. The zero-order valence-electron chi connectivity index (χ0n) is 10.2. The van der Waals surface area contributed by atoms with Gasteiger partial charge in [-0.2, -0.15) is 0 Å². The average molecular weight is 278 g/mol. The van der Waals surface area contributed by atoms with Crippen LogP contribution in [0.15, 0.2) is 29.6 Å². The molecule has 4 heteroatoms. The topological polar surface area (TPSA) is 17.1 Å². The molecular formula is C15H12F2OS. The SMILES string of the molecule is O=C(c1c(F)cccc1F)C1CCCc2sccc21. The zero-order chi connectivity index (χ0) is 13.4. The lowest BCUT2D eigenvalue weighted by atomic mass is 9.82. The van der Waals surface area contributed by atoms with Gasteiger partial charge in [0.25, 0.3) is 0 Å². The van der Waals surface area contributed by atoms with Crippen LogP contribution in [0.1, 0.15) is 39.6 Å². The molecule has 0 bridgehead atoms. The van der Waals surface area contributed by atoms with Crippen LogP contribution in [0.25, 0.3) is 0 Å².